The summed E-state index contributed by atoms with van der Waals surface area (Å²) in [6.45, 7) is 0.435. The monoisotopic (exact) mass is 328 g/mol. The molecule has 23 heavy (non-hydrogen) atoms. The van der Waals surface area contributed by atoms with E-state index in [0.717, 1.165) is 17.0 Å². The van der Waals surface area contributed by atoms with E-state index in [1.54, 1.807) is 7.11 Å². The molecule has 0 saturated heterocycles. The minimum absolute atomic E-state index is 0.0615. The summed E-state index contributed by atoms with van der Waals surface area (Å²) < 4.78 is 7.13. The van der Waals surface area contributed by atoms with Crippen molar-refractivity contribution in [2.24, 2.45) is 0 Å². The molecular weight excluding hydrogens is 312 g/mol. The summed E-state index contributed by atoms with van der Waals surface area (Å²) in [5.41, 5.74) is 1.71. The van der Waals surface area contributed by atoms with E-state index < -0.39 is 0 Å². The Labute approximate surface area is 137 Å². The predicted octanol–water partition coefficient (Wildman–Crippen LogP) is 2.15. The molecule has 3 aromatic rings. The average molecular weight is 328 g/mol. The van der Waals surface area contributed by atoms with E-state index in [0.29, 0.717) is 11.7 Å². The molecule has 118 valence electrons. The van der Waals surface area contributed by atoms with E-state index in [1.807, 2.05) is 53.1 Å². The second kappa shape index (κ2) is 7.15. The molecule has 1 amide bonds. The van der Waals surface area contributed by atoms with E-state index in [4.69, 9.17) is 4.74 Å². The van der Waals surface area contributed by atoms with Crippen molar-refractivity contribution in [2.75, 3.05) is 12.9 Å². The van der Waals surface area contributed by atoms with Crippen LogP contribution in [0.3, 0.4) is 0 Å². The summed E-state index contributed by atoms with van der Waals surface area (Å²) in [7, 11) is 1.62. The number of nitrogens with zero attached hydrogens (tertiary/aromatic N) is 3. The molecule has 3 rings (SSSR count). The number of nitrogens with one attached hydrogen (secondary N) is 1. The van der Waals surface area contributed by atoms with Gasteiger partial charge in [0.05, 0.1) is 12.9 Å². The SMILES string of the molecule is COc1ccccc1CNC(=O)CSc1nnc2ccccn12. The zero-order valence-corrected chi connectivity index (χ0v) is 13.4. The van der Waals surface area contributed by atoms with Gasteiger partial charge in [-0.15, -0.1) is 10.2 Å². The molecule has 0 spiro atoms. The molecule has 1 aromatic carbocycles. The normalized spacial score (nSPS) is 10.7. The van der Waals surface area contributed by atoms with Crippen LogP contribution in [-0.2, 0) is 11.3 Å². The van der Waals surface area contributed by atoms with Gasteiger partial charge >= 0.3 is 0 Å². The summed E-state index contributed by atoms with van der Waals surface area (Å²) in [5, 5.41) is 11.7. The third-order valence-electron chi connectivity index (χ3n) is 3.28. The minimum Gasteiger partial charge on any atom is -0.496 e. The Hall–Kier alpha value is -2.54. The van der Waals surface area contributed by atoms with E-state index in [2.05, 4.69) is 15.5 Å². The predicted molar refractivity (Wildman–Crippen MR) is 88.6 cm³/mol. The molecule has 0 aliphatic heterocycles. The van der Waals surface area contributed by atoms with Crippen LogP contribution >= 0.6 is 11.8 Å². The maximum Gasteiger partial charge on any atom is 0.230 e. The molecule has 6 nitrogen and oxygen atoms in total. The van der Waals surface area contributed by atoms with Gasteiger partial charge in [0.25, 0.3) is 0 Å². The summed E-state index contributed by atoms with van der Waals surface area (Å²) in [4.78, 5) is 12.0. The standard InChI is InChI=1S/C16H16N4O2S/c1-22-13-7-3-2-6-12(13)10-17-15(21)11-23-16-19-18-14-8-4-5-9-20(14)16/h2-9H,10-11H2,1H3,(H,17,21). The average Bonchev–Trinajstić information content (AvgIpc) is 3.01. The van der Waals surface area contributed by atoms with Crippen LogP contribution in [0.25, 0.3) is 5.65 Å². The Morgan fingerprint density at radius 3 is 2.91 bits per heavy atom. The van der Waals surface area contributed by atoms with Crippen LogP contribution in [0.1, 0.15) is 5.56 Å². The highest BCUT2D eigenvalue weighted by molar-refractivity contribution is 7.99. The molecule has 0 bridgehead atoms. The fourth-order valence-corrected chi connectivity index (χ4v) is 2.90. The molecule has 1 N–H and O–H groups in total. The lowest BCUT2D eigenvalue weighted by Gasteiger charge is -2.09. The van der Waals surface area contributed by atoms with Crippen LogP contribution in [0.15, 0.2) is 53.8 Å². The largest absolute Gasteiger partial charge is 0.496 e. The molecule has 7 heteroatoms. The second-order valence-electron chi connectivity index (χ2n) is 4.79. The van der Waals surface area contributed by atoms with Gasteiger partial charge in [-0.1, -0.05) is 36.0 Å². The van der Waals surface area contributed by atoms with Gasteiger partial charge in [-0.2, -0.15) is 0 Å². The fraction of sp³-hybridized carbons (Fsp3) is 0.188. The van der Waals surface area contributed by atoms with Crippen molar-refractivity contribution in [3.05, 3.63) is 54.2 Å². The van der Waals surface area contributed by atoms with Crippen molar-refractivity contribution >= 4 is 23.3 Å². The molecule has 0 radical (unpaired) electrons. The second-order valence-corrected chi connectivity index (χ2v) is 5.73. The first kappa shape index (κ1) is 15.4. The Balaban J connectivity index is 1.56. The Morgan fingerprint density at radius 2 is 2.04 bits per heavy atom. The summed E-state index contributed by atoms with van der Waals surface area (Å²) in [6.07, 6.45) is 1.88. The van der Waals surface area contributed by atoms with Crippen LogP contribution in [0.4, 0.5) is 0 Å². The van der Waals surface area contributed by atoms with Crippen LogP contribution in [0.5, 0.6) is 5.75 Å². The van der Waals surface area contributed by atoms with Crippen molar-refractivity contribution in [2.45, 2.75) is 11.7 Å². The first-order valence-corrected chi connectivity index (χ1v) is 8.07. The molecule has 0 aliphatic rings. The highest BCUT2D eigenvalue weighted by Crippen LogP contribution is 2.18. The Kier molecular flexibility index (Phi) is 4.77. The zero-order chi connectivity index (χ0) is 16.1. The zero-order valence-electron chi connectivity index (χ0n) is 12.6. The number of hydrogen-bond acceptors (Lipinski definition) is 5. The number of hydrogen-bond donors (Lipinski definition) is 1. The summed E-state index contributed by atoms with van der Waals surface area (Å²) in [5.74, 6) is 0.989. The lowest BCUT2D eigenvalue weighted by Crippen LogP contribution is -2.24. The maximum absolute atomic E-state index is 12.0. The number of carbonyl (C=O) groups excluding carboxylic acids is 1. The number of thioether (sulfide) groups is 1. The fourth-order valence-electron chi connectivity index (χ4n) is 2.14. The van der Waals surface area contributed by atoms with Gasteiger partial charge in [0.2, 0.25) is 5.91 Å². The number of benzene rings is 1. The Morgan fingerprint density at radius 1 is 1.22 bits per heavy atom. The van der Waals surface area contributed by atoms with Gasteiger partial charge in [-0.05, 0) is 18.2 Å². The van der Waals surface area contributed by atoms with Crippen molar-refractivity contribution in [1.82, 2.24) is 19.9 Å². The number of methoxy groups -OCH3 is 1. The molecule has 2 aromatic heterocycles. The number of ether oxygens (including phenoxy) is 1. The van der Waals surface area contributed by atoms with Crippen molar-refractivity contribution in [3.8, 4) is 5.75 Å². The lowest BCUT2D eigenvalue weighted by atomic mass is 10.2. The molecule has 0 atom stereocenters. The van der Waals surface area contributed by atoms with E-state index in [9.17, 15) is 4.79 Å². The number of amides is 1. The number of pyridine rings is 1. The summed E-state index contributed by atoms with van der Waals surface area (Å²) in [6, 6.07) is 13.3. The van der Waals surface area contributed by atoms with Crippen molar-refractivity contribution in [1.29, 1.82) is 0 Å². The molecular formula is C16H16N4O2S. The number of aromatic nitrogens is 3. The molecule has 0 unspecified atom stereocenters. The molecule has 0 saturated carbocycles. The van der Waals surface area contributed by atoms with Crippen LogP contribution in [0.2, 0.25) is 0 Å². The molecule has 2 heterocycles. The molecule has 0 aliphatic carbocycles. The van der Waals surface area contributed by atoms with Crippen molar-refractivity contribution < 1.29 is 9.53 Å². The maximum atomic E-state index is 12.0. The Bertz CT molecular complexity index is 818. The van der Waals surface area contributed by atoms with Gasteiger partial charge in [0, 0.05) is 18.3 Å². The van der Waals surface area contributed by atoms with Crippen molar-refractivity contribution in [3.63, 3.8) is 0 Å². The van der Waals surface area contributed by atoms with Crippen LogP contribution < -0.4 is 10.1 Å². The number of fused-ring (bicyclic) bond motifs is 1. The highest BCUT2D eigenvalue weighted by atomic mass is 32.2. The first-order valence-electron chi connectivity index (χ1n) is 7.09. The van der Waals surface area contributed by atoms with E-state index >= 15 is 0 Å². The number of para-hydroxylation sites is 1. The number of rotatable bonds is 6. The van der Waals surface area contributed by atoms with Gasteiger partial charge in [-0.3, -0.25) is 9.20 Å². The first-order chi connectivity index (χ1) is 11.3. The van der Waals surface area contributed by atoms with Crippen LogP contribution in [0, 0.1) is 0 Å². The summed E-state index contributed by atoms with van der Waals surface area (Å²) >= 11 is 1.36. The lowest BCUT2D eigenvalue weighted by molar-refractivity contribution is -0.118. The number of carbonyl (C=O) groups is 1. The van der Waals surface area contributed by atoms with Crippen LogP contribution in [-0.4, -0.2) is 33.4 Å². The third kappa shape index (κ3) is 3.62. The van der Waals surface area contributed by atoms with E-state index in [1.165, 1.54) is 11.8 Å². The topological polar surface area (TPSA) is 68.5 Å². The van der Waals surface area contributed by atoms with Gasteiger partial charge in [0.15, 0.2) is 10.8 Å². The van der Waals surface area contributed by atoms with Gasteiger partial charge < -0.3 is 10.1 Å². The quantitative estimate of drug-likeness (QED) is 0.702. The van der Waals surface area contributed by atoms with Gasteiger partial charge in [0.1, 0.15) is 5.75 Å². The van der Waals surface area contributed by atoms with Gasteiger partial charge in [-0.25, -0.2) is 0 Å². The highest BCUT2D eigenvalue weighted by Gasteiger charge is 2.09. The minimum atomic E-state index is -0.0615. The molecule has 0 fully saturated rings. The smallest absolute Gasteiger partial charge is 0.230 e. The van der Waals surface area contributed by atoms with E-state index in [-0.39, 0.29) is 11.7 Å². The third-order valence-corrected chi connectivity index (χ3v) is 4.23.